The Morgan fingerprint density at radius 2 is 1.10 bits per heavy atom. The zero-order valence-electron chi connectivity index (χ0n) is 14.5. The monoisotopic (exact) mass is 286 g/mol. The third-order valence-corrected chi connectivity index (χ3v) is 3.68. The molecule has 0 rings (SSSR count). The van der Waals surface area contributed by atoms with E-state index in [4.69, 9.17) is 9.47 Å². The maximum atomic E-state index is 6.13. The predicted octanol–water partition coefficient (Wildman–Crippen LogP) is 6.09. The van der Waals surface area contributed by atoms with Crippen molar-refractivity contribution in [1.82, 2.24) is 0 Å². The highest BCUT2D eigenvalue weighted by Gasteiger charge is 2.30. The SMILES string of the molecule is CCCCCCCCC(CCC)(OCCC)OCCC. The van der Waals surface area contributed by atoms with Crippen molar-refractivity contribution in [3.63, 3.8) is 0 Å². The van der Waals surface area contributed by atoms with Crippen LogP contribution in [-0.4, -0.2) is 19.0 Å². The Hall–Kier alpha value is -0.0800. The second kappa shape index (κ2) is 13.9. The summed E-state index contributed by atoms with van der Waals surface area (Å²) in [6, 6.07) is 0. The minimum atomic E-state index is -0.300. The van der Waals surface area contributed by atoms with Gasteiger partial charge in [-0.05, 0) is 19.3 Å². The van der Waals surface area contributed by atoms with Crippen molar-refractivity contribution in [1.29, 1.82) is 0 Å². The van der Waals surface area contributed by atoms with Crippen LogP contribution in [0.15, 0.2) is 0 Å². The van der Waals surface area contributed by atoms with E-state index in [1.54, 1.807) is 0 Å². The Morgan fingerprint density at radius 3 is 1.60 bits per heavy atom. The Kier molecular flexibility index (Phi) is 13.8. The molecule has 0 unspecified atom stereocenters. The van der Waals surface area contributed by atoms with Crippen molar-refractivity contribution in [2.75, 3.05) is 13.2 Å². The summed E-state index contributed by atoms with van der Waals surface area (Å²) in [5.74, 6) is -0.300. The van der Waals surface area contributed by atoms with Crippen LogP contribution in [0.2, 0.25) is 0 Å². The van der Waals surface area contributed by atoms with E-state index in [1.165, 1.54) is 38.5 Å². The topological polar surface area (TPSA) is 18.5 Å². The lowest BCUT2D eigenvalue weighted by molar-refractivity contribution is -0.246. The number of unbranched alkanes of at least 4 members (excludes halogenated alkanes) is 5. The van der Waals surface area contributed by atoms with Gasteiger partial charge >= 0.3 is 0 Å². The molecule has 0 aromatic heterocycles. The smallest absolute Gasteiger partial charge is 0.168 e. The number of ether oxygens (including phenoxy) is 2. The Bertz CT molecular complexity index is 184. The van der Waals surface area contributed by atoms with Crippen LogP contribution >= 0.6 is 0 Å². The van der Waals surface area contributed by atoms with E-state index in [0.717, 1.165) is 45.3 Å². The minimum absolute atomic E-state index is 0.300. The van der Waals surface area contributed by atoms with E-state index in [2.05, 4.69) is 27.7 Å². The molecule has 20 heavy (non-hydrogen) atoms. The van der Waals surface area contributed by atoms with E-state index >= 15 is 0 Å². The summed E-state index contributed by atoms with van der Waals surface area (Å²) in [5.41, 5.74) is 0. The summed E-state index contributed by atoms with van der Waals surface area (Å²) in [6.07, 6.45) is 13.3. The molecule has 2 heteroatoms. The first-order valence-corrected chi connectivity index (χ1v) is 9.02. The summed E-state index contributed by atoms with van der Waals surface area (Å²) in [6.45, 7) is 10.5. The van der Waals surface area contributed by atoms with Gasteiger partial charge in [0, 0.05) is 26.1 Å². The van der Waals surface area contributed by atoms with Crippen molar-refractivity contribution in [2.24, 2.45) is 0 Å². The Balaban J connectivity index is 4.17. The molecule has 2 nitrogen and oxygen atoms in total. The van der Waals surface area contributed by atoms with E-state index in [-0.39, 0.29) is 5.79 Å². The van der Waals surface area contributed by atoms with E-state index in [9.17, 15) is 0 Å². The van der Waals surface area contributed by atoms with Gasteiger partial charge in [-0.2, -0.15) is 0 Å². The average molecular weight is 286 g/mol. The summed E-state index contributed by atoms with van der Waals surface area (Å²) >= 11 is 0. The van der Waals surface area contributed by atoms with Crippen LogP contribution in [0.4, 0.5) is 0 Å². The highest BCUT2D eigenvalue weighted by atomic mass is 16.7. The first-order chi connectivity index (χ1) is 9.74. The third kappa shape index (κ3) is 9.77. The molecule has 122 valence electrons. The van der Waals surface area contributed by atoms with Crippen molar-refractivity contribution >= 4 is 0 Å². The number of rotatable bonds is 15. The number of hydrogen-bond donors (Lipinski definition) is 0. The lowest BCUT2D eigenvalue weighted by Gasteiger charge is -2.34. The maximum absolute atomic E-state index is 6.13. The fraction of sp³-hybridized carbons (Fsp3) is 1.00. The van der Waals surface area contributed by atoms with Gasteiger partial charge in [0.25, 0.3) is 0 Å². The zero-order chi connectivity index (χ0) is 15.1. The van der Waals surface area contributed by atoms with Crippen LogP contribution in [0.5, 0.6) is 0 Å². The fourth-order valence-electron chi connectivity index (χ4n) is 2.59. The molecule has 0 aromatic rings. The zero-order valence-corrected chi connectivity index (χ0v) is 14.5. The molecule has 0 saturated heterocycles. The van der Waals surface area contributed by atoms with Gasteiger partial charge in [0.05, 0.1) is 0 Å². The largest absolute Gasteiger partial charge is 0.350 e. The van der Waals surface area contributed by atoms with Crippen molar-refractivity contribution in [2.45, 2.75) is 104 Å². The van der Waals surface area contributed by atoms with Gasteiger partial charge in [-0.1, -0.05) is 66.2 Å². The van der Waals surface area contributed by atoms with Gasteiger partial charge in [0.2, 0.25) is 0 Å². The molecular weight excluding hydrogens is 248 g/mol. The van der Waals surface area contributed by atoms with Gasteiger partial charge in [-0.25, -0.2) is 0 Å². The fourth-order valence-corrected chi connectivity index (χ4v) is 2.59. The molecule has 0 N–H and O–H groups in total. The highest BCUT2D eigenvalue weighted by molar-refractivity contribution is 4.70. The van der Waals surface area contributed by atoms with Crippen LogP contribution in [0.1, 0.15) is 98.3 Å². The van der Waals surface area contributed by atoms with Gasteiger partial charge in [-0.15, -0.1) is 0 Å². The molecule has 0 aliphatic rings. The first kappa shape index (κ1) is 19.9. The van der Waals surface area contributed by atoms with Crippen molar-refractivity contribution in [3.05, 3.63) is 0 Å². The summed E-state index contributed by atoms with van der Waals surface area (Å²) < 4.78 is 12.3. The van der Waals surface area contributed by atoms with Gasteiger partial charge in [0.1, 0.15) is 0 Å². The molecule has 0 aromatic carbocycles. The molecule has 0 bridgehead atoms. The highest BCUT2D eigenvalue weighted by Crippen LogP contribution is 2.28. The molecule has 0 radical (unpaired) electrons. The molecule has 0 atom stereocenters. The van der Waals surface area contributed by atoms with Gasteiger partial charge in [-0.3, -0.25) is 0 Å². The second-order valence-electron chi connectivity index (χ2n) is 5.88. The van der Waals surface area contributed by atoms with Gasteiger partial charge in [0.15, 0.2) is 5.79 Å². The molecule has 0 heterocycles. The third-order valence-electron chi connectivity index (χ3n) is 3.68. The summed E-state index contributed by atoms with van der Waals surface area (Å²) in [5, 5.41) is 0. The molecule has 0 aliphatic heterocycles. The van der Waals surface area contributed by atoms with Crippen LogP contribution in [0.25, 0.3) is 0 Å². The second-order valence-corrected chi connectivity index (χ2v) is 5.88. The lowest BCUT2D eigenvalue weighted by atomic mass is 10.0. The standard InChI is InChI=1S/C18H38O2/c1-5-9-10-11-12-13-15-18(14-6-2,19-16-7-3)20-17-8-4/h5-17H2,1-4H3. The Labute approximate surface area is 127 Å². The van der Waals surface area contributed by atoms with Crippen LogP contribution in [-0.2, 0) is 9.47 Å². The molecule has 0 fully saturated rings. The van der Waals surface area contributed by atoms with E-state index in [0.29, 0.717) is 0 Å². The van der Waals surface area contributed by atoms with Crippen molar-refractivity contribution in [3.8, 4) is 0 Å². The normalized spacial score (nSPS) is 12.0. The summed E-state index contributed by atoms with van der Waals surface area (Å²) in [7, 11) is 0. The molecule has 0 amide bonds. The summed E-state index contributed by atoms with van der Waals surface area (Å²) in [4.78, 5) is 0. The van der Waals surface area contributed by atoms with Gasteiger partial charge < -0.3 is 9.47 Å². The molecule has 0 spiro atoms. The molecule has 0 aliphatic carbocycles. The van der Waals surface area contributed by atoms with Crippen LogP contribution in [0, 0.1) is 0 Å². The maximum Gasteiger partial charge on any atom is 0.168 e. The minimum Gasteiger partial charge on any atom is -0.350 e. The Morgan fingerprint density at radius 1 is 0.550 bits per heavy atom. The van der Waals surface area contributed by atoms with E-state index < -0.39 is 0 Å². The quantitative estimate of drug-likeness (QED) is 0.268. The van der Waals surface area contributed by atoms with Crippen LogP contribution in [0.3, 0.4) is 0 Å². The number of hydrogen-bond acceptors (Lipinski definition) is 2. The molecule has 0 saturated carbocycles. The lowest BCUT2D eigenvalue weighted by Crippen LogP contribution is -2.36. The predicted molar refractivity (Wildman–Crippen MR) is 88.1 cm³/mol. The molecular formula is C18H38O2. The van der Waals surface area contributed by atoms with Crippen LogP contribution < -0.4 is 0 Å². The first-order valence-electron chi connectivity index (χ1n) is 9.02. The van der Waals surface area contributed by atoms with Crippen molar-refractivity contribution < 1.29 is 9.47 Å². The average Bonchev–Trinajstić information content (AvgIpc) is 2.46. The van der Waals surface area contributed by atoms with E-state index in [1.807, 2.05) is 0 Å².